The van der Waals surface area contributed by atoms with E-state index in [0.717, 1.165) is 43.3 Å². The predicted octanol–water partition coefficient (Wildman–Crippen LogP) is 1.25. The van der Waals surface area contributed by atoms with Crippen molar-refractivity contribution >= 4 is 0 Å². The highest BCUT2D eigenvalue weighted by Gasteiger charge is 2.20. The molecule has 2 rings (SSSR count). The number of benzene rings is 1. The number of methoxy groups -OCH3 is 1. The molecule has 2 N–H and O–H groups in total. The smallest absolute Gasteiger partial charge is 0.161 e. The van der Waals surface area contributed by atoms with E-state index in [4.69, 9.17) is 19.9 Å². The fraction of sp³-hybridized carbons (Fsp3) is 0.600. The molecule has 1 saturated heterocycles. The van der Waals surface area contributed by atoms with Crippen LogP contribution in [-0.2, 0) is 11.3 Å². The zero-order valence-corrected chi connectivity index (χ0v) is 12.3. The first-order valence-corrected chi connectivity index (χ1v) is 7.10. The second-order valence-electron chi connectivity index (χ2n) is 4.89. The summed E-state index contributed by atoms with van der Waals surface area (Å²) in [6.45, 7) is 6.93. The second-order valence-corrected chi connectivity index (χ2v) is 4.89. The lowest BCUT2D eigenvalue weighted by Gasteiger charge is -2.31. The van der Waals surface area contributed by atoms with Gasteiger partial charge in [0, 0.05) is 19.6 Å². The van der Waals surface area contributed by atoms with Crippen LogP contribution in [0.25, 0.3) is 0 Å². The summed E-state index contributed by atoms with van der Waals surface area (Å²) in [4.78, 5) is 2.37. The van der Waals surface area contributed by atoms with Crippen molar-refractivity contribution in [2.24, 2.45) is 5.73 Å². The van der Waals surface area contributed by atoms with Crippen LogP contribution >= 0.6 is 0 Å². The maximum atomic E-state index is 5.84. The number of nitrogens with zero attached hydrogens (tertiary/aromatic N) is 1. The summed E-state index contributed by atoms with van der Waals surface area (Å²) < 4.78 is 16.9. The first kappa shape index (κ1) is 15.1. The summed E-state index contributed by atoms with van der Waals surface area (Å²) in [6.07, 6.45) is 0.114. The number of morpholine rings is 1. The van der Waals surface area contributed by atoms with Crippen LogP contribution < -0.4 is 15.2 Å². The largest absolute Gasteiger partial charge is 0.493 e. The molecule has 0 aromatic heterocycles. The van der Waals surface area contributed by atoms with Crippen molar-refractivity contribution in [2.45, 2.75) is 19.6 Å². The van der Waals surface area contributed by atoms with E-state index in [0.29, 0.717) is 13.2 Å². The number of rotatable bonds is 6. The average Bonchev–Trinajstić information content (AvgIpc) is 2.52. The third kappa shape index (κ3) is 3.85. The second kappa shape index (κ2) is 7.47. The van der Waals surface area contributed by atoms with Crippen molar-refractivity contribution in [3.05, 3.63) is 23.8 Å². The molecule has 1 fully saturated rings. The monoisotopic (exact) mass is 280 g/mol. The first-order chi connectivity index (χ1) is 9.76. The molecule has 112 valence electrons. The van der Waals surface area contributed by atoms with Crippen LogP contribution in [0.2, 0.25) is 0 Å². The Balaban J connectivity index is 1.93. The fourth-order valence-corrected chi connectivity index (χ4v) is 2.31. The minimum absolute atomic E-state index is 0.114. The van der Waals surface area contributed by atoms with Crippen molar-refractivity contribution in [1.29, 1.82) is 0 Å². The number of likely N-dealkylation sites (N-methyl/N-ethyl adjacent to an activating group) is 1. The Morgan fingerprint density at radius 1 is 1.40 bits per heavy atom. The lowest BCUT2D eigenvalue weighted by Crippen LogP contribution is -2.44. The van der Waals surface area contributed by atoms with Gasteiger partial charge in [-0.3, -0.25) is 4.90 Å². The predicted molar refractivity (Wildman–Crippen MR) is 78.2 cm³/mol. The third-order valence-corrected chi connectivity index (χ3v) is 3.56. The minimum atomic E-state index is 0.114. The van der Waals surface area contributed by atoms with Crippen LogP contribution in [-0.4, -0.2) is 51.0 Å². The molecule has 1 aliphatic heterocycles. The molecular weight excluding hydrogens is 256 g/mol. The summed E-state index contributed by atoms with van der Waals surface area (Å²) in [5.74, 6) is 1.46. The highest BCUT2D eigenvalue weighted by atomic mass is 16.5. The van der Waals surface area contributed by atoms with Gasteiger partial charge < -0.3 is 19.9 Å². The summed E-state index contributed by atoms with van der Waals surface area (Å²) in [7, 11) is 1.64. The van der Waals surface area contributed by atoms with Gasteiger partial charge >= 0.3 is 0 Å². The molecule has 5 nitrogen and oxygen atoms in total. The van der Waals surface area contributed by atoms with Gasteiger partial charge in [-0.25, -0.2) is 0 Å². The molecule has 1 aromatic rings. The Morgan fingerprint density at radius 2 is 2.25 bits per heavy atom. The zero-order valence-electron chi connectivity index (χ0n) is 12.3. The van der Waals surface area contributed by atoms with Gasteiger partial charge in [0.2, 0.25) is 0 Å². The fourth-order valence-electron chi connectivity index (χ4n) is 2.31. The van der Waals surface area contributed by atoms with Gasteiger partial charge in [0.1, 0.15) is 12.7 Å². The molecule has 0 amide bonds. The first-order valence-electron chi connectivity index (χ1n) is 7.10. The highest BCUT2D eigenvalue weighted by molar-refractivity contribution is 5.42. The SMILES string of the molecule is CCN1CCOC(COc2ccc(CN)cc2OC)C1. The van der Waals surface area contributed by atoms with E-state index in [1.54, 1.807) is 7.11 Å². The quantitative estimate of drug-likeness (QED) is 0.850. The van der Waals surface area contributed by atoms with Crippen LogP contribution in [0.5, 0.6) is 11.5 Å². The summed E-state index contributed by atoms with van der Waals surface area (Å²) in [5.41, 5.74) is 6.65. The van der Waals surface area contributed by atoms with Gasteiger partial charge in [-0.1, -0.05) is 13.0 Å². The molecule has 5 heteroatoms. The highest BCUT2D eigenvalue weighted by Crippen LogP contribution is 2.28. The number of ether oxygens (including phenoxy) is 3. The molecule has 1 aromatic carbocycles. The van der Waals surface area contributed by atoms with Crippen molar-refractivity contribution in [2.75, 3.05) is 40.0 Å². The van der Waals surface area contributed by atoms with E-state index in [2.05, 4.69) is 11.8 Å². The summed E-state index contributed by atoms with van der Waals surface area (Å²) in [5, 5.41) is 0. The van der Waals surface area contributed by atoms with Crippen LogP contribution in [0.1, 0.15) is 12.5 Å². The zero-order chi connectivity index (χ0) is 14.4. The lowest BCUT2D eigenvalue weighted by molar-refractivity contribution is -0.0466. The molecule has 1 unspecified atom stereocenters. The standard InChI is InChI=1S/C15H24N2O3/c1-3-17-6-7-19-13(10-17)11-20-14-5-4-12(9-16)8-15(14)18-2/h4-5,8,13H,3,6-7,9-11,16H2,1-2H3. The number of hydrogen-bond donors (Lipinski definition) is 1. The van der Waals surface area contributed by atoms with E-state index >= 15 is 0 Å². The van der Waals surface area contributed by atoms with Crippen molar-refractivity contribution < 1.29 is 14.2 Å². The molecular formula is C15H24N2O3. The van der Waals surface area contributed by atoms with Gasteiger partial charge in [-0.05, 0) is 24.2 Å². The Kier molecular flexibility index (Phi) is 5.64. The molecule has 1 atom stereocenters. The minimum Gasteiger partial charge on any atom is -0.493 e. The van der Waals surface area contributed by atoms with E-state index in [1.165, 1.54) is 0 Å². The van der Waals surface area contributed by atoms with E-state index in [-0.39, 0.29) is 6.10 Å². The Hall–Kier alpha value is -1.30. The van der Waals surface area contributed by atoms with Crippen molar-refractivity contribution in [3.8, 4) is 11.5 Å². The van der Waals surface area contributed by atoms with Crippen LogP contribution in [0.15, 0.2) is 18.2 Å². The van der Waals surface area contributed by atoms with E-state index in [1.807, 2.05) is 18.2 Å². The van der Waals surface area contributed by atoms with E-state index < -0.39 is 0 Å². The molecule has 0 bridgehead atoms. The van der Waals surface area contributed by atoms with Gasteiger partial charge in [0.15, 0.2) is 11.5 Å². The maximum absolute atomic E-state index is 5.84. The van der Waals surface area contributed by atoms with Crippen LogP contribution in [0.4, 0.5) is 0 Å². The molecule has 1 aliphatic rings. The van der Waals surface area contributed by atoms with Crippen LogP contribution in [0, 0.1) is 0 Å². The van der Waals surface area contributed by atoms with Gasteiger partial charge in [0.05, 0.1) is 13.7 Å². The molecule has 0 aliphatic carbocycles. The lowest BCUT2D eigenvalue weighted by atomic mass is 10.2. The Morgan fingerprint density at radius 3 is 2.95 bits per heavy atom. The number of hydrogen-bond acceptors (Lipinski definition) is 5. The Bertz CT molecular complexity index is 426. The number of nitrogens with two attached hydrogens (primary N) is 1. The van der Waals surface area contributed by atoms with Gasteiger partial charge in [0.25, 0.3) is 0 Å². The van der Waals surface area contributed by atoms with Crippen molar-refractivity contribution in [1.82, 2.24) is 4.90 Å². The van der Waals surface area contributed by atoms with Crippen molar-refractivity contribution in [3.63, 3.8) is 0 Å². The van der Waals surface area contributed by atoms with Crippen LogP contribution in [0.3, 0.4) is 0 Å². The third-order valence-electron chi connectivity index (χ3n) is 3.56. The average molecular weight is 280 g/mol. The molecule has 0 spiro atoms. The molecule has 0 radical (unpaired) electrons. The summed E-state index contributed by atoms with van der Waals surface area (Å²) in [6, 6.07) is 5.77. The maximum Gasteiger partial charge on any atom is 0.161 e. The van der Waals surface area contributed by atoms with E-state index in [9.17, 15) is 0 Å². The topological polar surface area (TPSA) is 57.0 Å². The van der Waals surface area contributed by atoms with Gasteiger partial charge in [-0.15, -0.1) is 0 Å². The molecule has 0 saturated carbocycles. The molecule has 20 heavy (non-hydrogen) atoms. The Labute approximate surface area is 120 Å². The summed E-state index contributed by atoms with van der Waals surface area (Å²) >= 11 is 0. The normalized spacial score (nSPS) is 19.9. The van der Waals surface area contributed by atoms with Gasteiger partial charge in [-0.2, -0.15) is 0 Å². The molecule has 1 heterocycles.